The van der Waals surface area contributed by atoms with Crippen LogP contribution in [0.3, 0.4) is 0 Å². The van der Waals surface area contributed by atoms with Gasteiger partial charge in [-0.1, -0.05) is 24.3 Å². The Morgan fingerprint density at radius 2 is 1.81 bits per heavy atom. The molecule has 0 radical (unpaired) electrons. The smallest absolute Gasteiger partial charge is 0.316 e. The van der Waals surface area contributed by atoms with Gasteiger partial charge in [-0.05, 0) is 41.5 Å². The zero-order valence-electron chi connectivity index (χ0n) is 13.9. The molecule has 2 aromatic carbocycles. The molecule has 0 fully saturated rings. The first-order valence-electron chi connectivity index (χ1n) is 7.78. The number of hydrogen-bond donors (Lipinski definition) is 3. The summed E-state index contributed by atoms with van der Waals surface area (Å²) in [5, 5.41) is 13.7. The molecule has 132 valence electrons. The number of primary amides is 1. The average molecular weight is 350 g/mol. The number of carbonyl (C=O) groups excluding carboxylic acids is 2. The van der Waals surface area contributed by atoms with Gasteiger partial charge in [0.2, 0.25) is 5.91 Å². The van der Waals surface area contributed by atoms with Crippen molar-refractivity contribution in [2.45, 2.75) is 6.54 Å². The van der Waals surface area contributed by atoms with Crippen molar-refractivity contribution in [3.05, 3.63) is 65.7 Å². The van der Waals surface area contributed by atoms with Crippen LogP contribution in [0.15, 0.2) is 54.6 Å². The lowest BCUT2D eigenvalue weighted by Crippen LogP contribution is -2.20. The molecule has 0 saturated heterocycles. The molecular weight excluding hydrogens is 332 g/mol. The van der Waals surface area contributed by atoms with Crippen molar-refractivity contribution in [3.63, 3.8) is 0 Å². The lowest BCUT2D eigenvalue weighted by molar-refractivity contribution is -0.116. The summed E-state index contributed by atoms with van der Waals surface area (Å²) in [5.74, 6) is 0.372. The number of rotatable bonds is 7. The molecule has 0 unspecified atom stereocenters. The summed E-state index contributed by atoms with van der Waals surface area (Å²) in [6.45, 7) is 0.359. The van der Waals surface area contributed by atoms with Gasteiger partial charge < -0.3 is 21.1 Å². The molecule has 0 heterocycles. The van der Waals surface area contributed by atoms with Crippen LogP contribution in [-0.2, 0) is 11.3 Å². The quantitative estimate of drug-likeness (QED) is 0.665. The predicted octanol–water partition coefficient (Wildman–Crippen LogP) is 2.41. The molecule has 7 nitrogen and oxygen atoms in total. The first-order chi connectivity index (χ1) is 12.6. The Bertz CT molecular complexity index is 821. The van der Waals surface area contributed by atoms with E-state index in [2.05, 4.69) is 10.6 Å². The van der Waals surface area contributed by atoms with E-state index >= 15 is 0 Å². The number of hydrogen-bond acceptors (Lipinski definition) is 4. The first kappa shape index (κ1) is 18.5. The number of nitrogens with two attached hydrogens (primary N) is 1. The van der Waals surface area contributed by atoms with E-state index in [1.807, 2.05) is 6.07 Å². The Labute approximate surface area is 151 Å². The van der Waals surface area contributed by atoms with Crippen LogP contribution >= 0.6 is 0 Å². The van der Waals surface area contributed by atoms with Crippen LogP contribution in [0.2, 0.25) is 0 Å². The maximum Gasteiger partial charge on any atom is 0.316 e. The molecule has 0 aliphatic heterocycles. The molecule has 7 heteroatoms. The number of benzene rings is 2. The van der Waals surface area contributed by atoms with Crippen LogP contribution in [0.1, 0.15) is 11.1 Å². The van der Waals surface area contributed by atoms with E-state index < -0.39 is 6.03 Å². The van der Waals surface area contributed by atoms with Gasteiger partial charge in [-0.25, -0.2) is 4.79 Å². The Kier molecular flexibility index (Phi) is 6.77. The summed E-state index contributed by atoms with van der Waals surface area (Å²) >= 11 is 0. The molecule has 0 saturated carbocycles. The molecule has 4 N–H and O–H groups in total. The second-order valence-electron chi connectivity index (χ2n) is 5.25. The van der Waals surface area contributed by atoms with E-state index in [9.17, 15) is 9.59 Å². The maximum atomic E-state index is 11.9. The molecule has 0 aliphatic rings. The van der Waals surface area contributed by atoms with Crippen molar-refractivity contribution >= 4 is 23.7 Å². The number of amides is 3. The molecule has 26 heavy (non-hydrogen) atoms. The molecule has 0 atom stereocenters. The summed E-state index contributed by atoms with van der Waals surface area (Å²) in [7, 11) is 0. The molecule has 0 spiro atoms. The van der Waals surface area contributed by atoms with Gasteiger partial charge in [-0.2, -0.15) is 5.26 Å². The van der Waals surface area contributed by atoms with Crippen molar-refractivity contribution in [3.8, 4) is 11.8 Å². The van der Waals surface area contributed by atoms with Crippen LogP contribution in [0.5, 0.6) is 5.75 Å². The highest BCUT2D eigenvalue weighted by molar-refractivity contribution is 5.91. The molecule has 3 amide bonds. The summed E-state index contributed by atoms with van der Waals surface area (Å²) < 4.78 is 5.16. The van der Waals surface area contributed by atoms with Crippen LogP contribution < -0.4 is 21.1 Å². The SMILES string of the molecule is N#CCOc1ccc(/C=C/C(=O)NCc2ccc(NC(N)=O)cc2)cc1. The van der Waals surface area contributed by atoms with Crippen molar-refractivity contribution in [1.29, 1.82) is 5.26 Å². The predicted molar refractivity (Wildman–Crippen MR) is 98.1 cm³/mol. The fraction of sp³-hybridized carbons (Fsp3) is 0.105. The second-order valence-corrected chi connectivity index (χ2v) is 5.25. The largest absolute Gasteiger partial charge is 0.479 e. The fourth-order valence-electron chi connectivity index (χ4n) is 2.06. The zero-order chi connectivity index (χ0) is 18.8. The first-order valence-corrected chi connectivity index (χ1v) is 7.78. The van der Waals surface area contributed by atoms with Crippen LogP contribution in [0, 0.1) is 11.3 Å². The lowest BCUT2D eigenvalue weighted by Gasteiger charge is -2.05. The van der Waals surface area contributed by atoms with Gasteiger partial charge in [0.15, 0.2) is 6.61 Å². The van der Waals surface area contributed by atoms with Crippen molar-refractivity contribution < 1.29 is 14.3 Å². The topological polar surface area (TPSA) is 117 Å². The third-order valence-electron chi connectivity index (χ3n) is 3.30. The van der Waals surface area contributed by atoms with Crippen molar-refractivity contribution in [2.24, 2.45) is 5.73 Å². The minimum Gasteiger partial charge on any atom is -0.479 e. The second kappa shape index (κ2) is 9.49. The van der Waals surface area contributed by atoms with E-state index in [-0.39, 0.29) is 12.5 Å². The number of nitrogens with zero attached hydrogens (tertiary/aromatic N) is 1. The average Bonchev–Trinajstić information content (AvgIpc) is 2.64. The molecule has 0 aliphatic carbocycles. The number of nitrogens with one attached hydrogen (secondary N) is 2. The van der Waals surface area contributed by atoms with Gasteiger partial charge in [0.1, 0.15) is 11.8 Å². The van der Waals surface area contributed by atoms with Crippen molar-refractivity contribution in [1.82, 2.24) is 5.32 Å². The van der Waals surface area contributed by atoms with Gasteiger partial charge in [0, 0.05) is 18.3 Å². The normalized spacial score (nSPS) is 10.1. The minimum absolute atomic E-state index is 0.00281. The van der Waals surface area contributed by atoms with Crippen LogP contribution in [0.25, 0.3) is 6.08 Å². The fourth-order valence-corrected chi connectivity index (χ4v) is 2.06. The van der Waals surface area contributed by atoms with E-state index in [0.29, 0.717) is 18.0 Å². The number of nitriles is 1. The number of urea groups is 1. The van der Waals surface area contributed by atoms with E-state index in [1.165, 1.54) is 6.08 Å². The number of carbonyl (C=O) groups is 2. The summed E-state index contributed by atoms with van der Waals surface area (Å²) in [4.78, 5) is 22.6. The standard InChI is InChI=1S/C19H18N4O3/c20-11-12-26-17-8-3-14(4-9-17)5-10-18(24)22-13-15-1-6-16(7-2-15)23-19(21)25/h1-10H,12-13H2,(H,22,24)(H3,21,23,25)/b10-5+. The van der Waals surface area contributed by atoms with Gasteiger partial charge >= 0.3 is 6.03 Å². The zero-order valence-corrected chi connectivity index (χ0v) is 13.9. The summed E-state index contributed by atoms with van der Waals surface area (Å²) in [6, 6.07) is 15.3. The molecule has 0 bridgehead atoms. The Morgan fingerprint density at radius 1 is 1.12 bits per heavy atom. The third kappa shape index (κ3) is 6.37. The highest BCUT2D eigenvalue weighted by Gasteiger charge is 1.99. The van der Waals surface area contributed by atoms with E-state index in [0.717, 1.165) is 11.1 Å². The van der Waals surface area contributed by atoms with Gasteiger partial charge in [-0.15, -0.1) is 0 Å². The van der Waals surface area contributed by atoms with Crippen molar-refractivity contribution in [2.75, 3.05) is 11.9 Å². The lowest BCUT2D eigenvalue weighted by atomic mass is 10.2. The van der Waals surface area contributed by atoms with Gasteiger partial charge in [0.25, 0.3) is 0 Å². The molecule has 2 aromatic rings. The van der Waals surface area contributed by atoms with E-state index in [1.54, 1.807) is 54.6 Å². The minimum atomic E-state index is -0.624. The highest BCUT2D eigenvalue weighted by atomic mass is 16.5. The maximum absolute atomic E-state index is 11.9. The monoisotopic (exact) mass is 350 g/mol. The van der Waals surface area contributed by atoms with Gasteiger partial charge in [0.05, 0.1) is 0 Å². The molecule has 0 aromatic heterocycles. The molecule has 2 rings (SSSR count). The van der Waals surface area contributed by atoms with Crippen LogP contribution in [-0.4, -0.2) is 18.5 Å². The van der Waals surface area contributed by atoms with Gasteiger partial charge in [-0.3, -0.25) is 4.79 Å². The highest BCUT2D eigenvalue weighted by Crippen LogP contribution is 2.13. The molecular formula is C19H18N4O3. The number of ether oxygens (including phenoxy) is 1. The third-order valence-corrected chi connectivity index (χ3v) is 3.30. The summed E-state index contributed by atoms with van der Waals surface area (Å²) in [6.07, 6.45) is 3.12. The number of anilines is 1. The Morgan fingerprint density at radius 3 is 2.42 bits per heavy atom. The Hall–Kier alpha value is -3.79. The summed E-state index contributed by atoms with van der Waals surface area (Å²) in [5.41, 5.74) is 7.36. The van der Waals surface area contributed by atoms with Crippen LogP contribution in [0.4, 0.5) is 10.5 Å². The Balaban J connectivity index is 1.81. The van der Waals surface area contributed by atoms with E-state index in [4.69, 9.17) is 15.7 Å².